The van der Waals surface area contributed by atoms with E-state index in [0.717, 1.165) is 16.8 Å². The average molecular weight is 305 g/mol. The van der Waals surface area contributed by atoms with Crippen LogP contribution in [0.1, 0.15) is 21.5 Å². The first kappa shape index (κ1) is 15.0. The molecule has 0 saturated heterocycles. The second kappa shape index (κ2) is 6.48. The molecule has 0 unspecified atom stereocenters. The van der Waals surface area contributed by atoms with E-state index < -0.39 is 0 Å². The predicted molar refractivity (Wildman–Crippen MR) is 90.5 cm³/mol. The molecule has 0 N–H and O–H groups in total. The molecule has 0 radical (unpaired) electrons. The van der Waals surface area contributed by atoms with Gasteiger partial charge in [-0.05, 0) is 31.2 Å². The summed E-state index contributed by atoms with van der Waals surface area (Å²) in [6, 6.07) is 17.6. The number of para-hydroxylation sites is 1. The fourth-order valence-corrected chi connectivity index (χ4v) is 2.51. The van der Waals surface area contributed by atoms with Gasteiger partial charge in [0, 0.05) is 30.9 Å². The molecule has 0 saturated carbocycles. The highest BCUT2D eigenvalue weighted by atomic mass is 16.2. The number of nitrogens with zero attached hydrogens (tertiary/aromatic N) is 3. The molecule has 3 aromatic rings. The minimum Gasteiger partial charge on any atom is -0.337 e. The van der Waals surface area contributed by atoms with Crippen molar-refractivity contribution in [1.82, 2.24) is 14.7 Å². The number of aromatic nitrogens is 2. The van der Waals surface area contributed by atoms with Crippen LogP contribution in [0.5, 0.6) is 0 Å². The second-order valence-electron chi connectivity index (χ2n) is 5.66. The van der Waals surface area contributed by atoms with E-state index >= 15 is 0 Å². The molecule has 2 aromatic carbocycles. The summed E-state index contributed by atoms with van der Waals surface area (Å²) < 4.78 is 1.82. The molecule has 0 aliphatic carbocycles. The van der Waals surface area contributed by atoms with Crippen molar-refractivity contribution in [3.63, 3.8) is 0 Å². The first-order valence-electron chi connectivity index (χ1n) is 7.54. The first-order valence-corrected chi connectivity index (χ1v) is 7.54. The van der Waals surface area contributed by atoms with Crippen molar-refractivity contribution in [2.45, 2.75) is 13.5 Å². The zero-order valence-corrected chi connectivity index (χ0v) is 13.3. The van der Waals surface area contributed by atoms with Crippen molar-refractivity contribution < 1.29 is 4.79 Å². The van der Waals surface area contributed by atoms with E-state index in [1.165, 1.54) is 0 Å². The fourth-order valence-electron chi connectivity index (χ4n) is 2.51. The molecule has 1 amide bonds. The summed E-state index contributed by atoms with van der Waals surface area (Å²) in [5.74, 6) is 0.0150. The highest BCUT2D eigenvalue weighted by Crippen LogP contribution is 2.12. The third-order valence-electron chi connectivity index (χ3n) is 3.69. The smallest absolute Gasteiger partial charge is 0.253 e. The molecule has 4 heteroatoms. The molecule has 3 rings (SSSR count). The van der Waals surface area contributed by atoms with Gasteiger partial charge >= 0.3 is 0 Å². The Bertz CT molecular complexity index is 808. The molecule has 0 spiro atoms. The lowest BCUT2D eigenvalue weighted by Gasteiger charge is -2.16. The monoisotopic (exact) mass is 305 g/mol. The second-order valence-corrected chi connectivity index (χ2v) is 5.66. The molecule has 1 aromatic heterocycles. The number of aryl methyl sites for hydroxylation is 1. The number of hydrogen-bond donors (Lipinski definition) is 0. The van der Waals surface area contributed by atoms with Gasteiger partial charge in [0.15, 0.2) is 0 Å². The van der Waals surface area contributed by atoms with E-state index in [0.29, 0.717) is 12.1 Å². The van der Waals surface area contributed by atoms with Crippen LogP contribution in [0.15, 0.2) is 67.0 Å². The van der Waals surface area contributed by atoms with Gasteiger partial charge in [-0.1, -0.05) is 35.9 Å². The van der Waals surface area contributed by atoms with Gasteiger partial charge in [-0.15, -0.1) is 0 Å². The third kappa shape index (κ3) is 3.48. The Labute approximate surface area is 136 Å². The van der Waals surface area contributed by atoms with Gasteiger partial charge in [-0.2, -0.15) is 5.10 Å². The lowest BCUT2D eigenvalue weighted by Crippen LogP contribution is -2.26. The number of hydrogen-bond acceptors (Lipinski definition) is 2. The van der Waals surface area contributed by atoms with Gasteiger partial charge in [0.1, 0.15) is 0 Å². The summed E-state index contributed by atoms with van der Waals surface area (Å²) in [5, 5.41) is 4.36. The minimum atomic E-state index is 0.0150. The van der Waals surface area contributed by atoms with Crippen molar-refractivity contribution in [3.8, 4) is 5.69 Å². The summed E-state index contributed by atoms with van der Waals surface area (Å²) >= 11 is 0. The molecule has 0 bridgehead atoms. The Morgan fingerprint density at radius 1 is 1.13 bits per heavy atom. The van der Waals surface area contributed by atoms with Gasteiger partial charge in [0.2, 0.25) is 0 Å². The number of carbonyl (C=O) groups is 1. The summed E-state index contributed by atoms with van der Waals surface area (Å²) in [6.07, 6.45) is 3.75. The van der Waals surface area contributed by atoms with Crippen LogP contribution in [0.3, 0.4) is 0 Å². The summed E-state index contributed by atoms with van der Waals surface area (Å²) in [5.41, 5.74) is 3.80. The van der Waals surface area contributed by atoms with Crippen LogP contribution in [-0.2, 0) is 6.54 Å². The maximum absolute atomic E-state index is 12.5. The maximum Gasteiger partial charge on any atom is 0.253 e. The van der Waals surface area contributed by atoms with Crippen LogP contribution in [-0.4, -0.2) is 27.6 Å². The predicted octanol–water partition coefficient (Wildman–Crippen LogP) is 3.45. The van der Waals surface area contributed by atoms with Crippen molar-refractivity contribution in [1.29, 1.82) is 0 Å². The molecular formula is C19H19N3O. The number of amides is 1. The van der Waals surface area contributed by atoms with Gasteiger partial charge in [0.25, 0.3) is 5.91 Å². The number of benzene rings is 2. The zero-order chi connectivity index (χ0) is 16.2. The summed E-state index contributed by atoms with van der Waals surface area (Å²) in [7, 11) is 1.81. The van der Waals surface area contributed by atoms with E-state index in [-0.39, 0.29) is 5.91 Å². The SMILES string of the molecule is Cc1cccc(C(=O)N(C)Cc2cnn(-c3ccccc3)c2)c1. The summed E-state index contributed by atoms with van der Waals surface area (Å²) in [6.45, 7) is 2.51. The molecule has 0 atom stereocenters. The molecule has 116 valence electrons. The van der Waals surface area contributed by atoms with E-state index in [1.807, 2.05) is 79.4 Å². The molecular weight excluding hydrogens is 286 g/mol. The highest BCUT2D eigenvalue weighted by molar-refractivity contribution is 5.94. The van der Waals surface area contributed by atoms with E-state index in [4.69, 9.17) is 0 Å². The molecule has 1 heterocycles. The molecule has 0 aliphatic heterocycles. The van der Waals surface area contributed by atoms with Gasteiger partial charge in [0.05, 0.1) is 11.9 Å². The third-order valence-corrected chi connectivity index (χ3v) is 3.69. The lowest BCUT2D eigenvalue weighted by molar-refractivity contribution is 0.0785. The normalized spacial score (nSPS) is 10.5. The van der Waals surface area contributed by atoms with E-state index in [2.05, 4.69) is 5.10 Å². The van der Waals surface area contributed by atoms with Crippen LogP contribution in [0.4, 0.5) is 0 Å². The minimum absolute atomic E-state index is 0.0150. The van der Waals surface area contributed by atoms with Crippen molar-refractivity contribution in [2.24, 2.45) is 0 Å². The van der Waals surface area contributed by atoms with Crippen LogP contribution >= 0.6 is 0 Å². The Kier molecular flexibility index (Phi) is 4.24. The topological polar surface area (TPSA) is 38.1 Å². The molecule has 4 nitrogen and oxygen atoms in total. The Balaban J connectivity index is 1.72. The molecule has 0 aliphatic rings. The van der Waals surface area contributed by atoms with Crippen molar-refractivity contribution in [2.75, 3.05) is 7.05 Å². The average Bonchev–Trinajstić information content (AvgIpc) is 3.03. The number of rotatable bonds is 4. The van der Waals surface area contributed by atoms with Crippen LogP contribution in [0.2, 0.25) is 0 Å². The van der Waals surface area contributed by atoms with E-state index in [9.17, 15) is 4.79 Å². The first-order chi connectivity index (χ1) is 11.1. The summed E-state index contributed by atoms with van der Waals surface area (Å²) in [4.78, 5) is 14.2. The lowest BCUT2D eigenvalue weighted by atomic mass is 10.1. The Morgan fingerprint density at radius 3 is 2.65 bits per heavy atom. The van der Waals surface area contributed by atoms with Crippen LogP contribution < -0.4 is 0 Å². The Hall–Kier alpha value is -2.88. The number of carbonyl (C=O) groups excluding carboxylic acids is 1. The van der Waals surface area contributed by atoms with Crippen molar-refractivity contribution >= 4 is 5.91 Å². The largest absolute Gasteiger partial charge is 0.337 e. The molecule has 0 fully saturated rings. The standard InChI is InChI=1S/C19H19N3O/c1-15-7-6-8-17(11-15)19(23)21(2)13-16-12-20-22(14-16)18-9-4-3-5-10-18/h3-12,14H,13H2,1-2H3. The van der Waals surface area contributed by atoms with Gasteiger partial charge < -0.3 is 4.90 Å². The molecule has 23 heavy (non-hydrogen) atoms. The zero-order valence-electron chi connectivity index (χ0n) is 13.3. The fraction of sp³-hybridized carbons (Fsp3) is 0.158. The maximum atomic E-state index is 12.5. The Morgan fingerprint density at radius 2 is 1.91 bits per heavy atom. The van der Waals surface area contributed by atoms with Crippen LogP contribution in [0, 0.1) is 6.92 Å². The van der Waals surface area contributed by atoms with E-state index in [1.54, 1.807) is 11.1 Å². The van der Waals surface area contributed by atoms with Gasteiger partial charge in [-0.3, -0.25) is 4.79 Å². The van der Waals surface area contributed by atoms with Crippen molar-refractivity contribution in [3.05, 3.63) is 83.7 Å². The van der Waals surface area contributed by atoms with Crippen LogP contribution in [0.25, 0.3) is 5.69 Å². The quantitative estimate of drug-likeness (QED) is 0.740. The highest BCUT2D eigenvalue weighted by Gasteiger charge is 2.13. The van der Waals surface area contributed by atoms with Gasteiger partial charge in [-0.25, -0.2) is 4.68 Å².